The number of amides is 1. The van der Waals surface area contributed by atoms with Gasteiger partial charge >= 0.3 is 0 Å². The summed E-state index contributed by atoms with van der Waals surface area (Å²) < 4.78 is 20.4. The zero-order valence-corrected chi connectivity index (χ0v) is 16.5. The normalized spacial score (nSPS) is 16.7. The highest BCUT2D eigenvalue weighted by Gasteiger charge is 2.27. The summed E-state index contributed by atoms with van der Waals surface area (Å²) in [5.41, 5.74) is 1.18. The lowest BCUT2D eigenvalue weighted by Gasteiger charge is -2.23. The molecule has 4 rings (SSSR count). The van der Waals surface area contributed by atoms with Gasteiger partial charge in [-0.05, 0) is 55.5 Å². The molecule has 140 valence electrons. The maximum Gasteiger partial charge on any atom is 0.260 e. The summed E-state index contributed by atoms with van der Waals surface area (Å²) in [5, 5.41) is 0.619. The van der Waals surface area contributed by atoms with E-state index >= 15 is 0 Å². The Kier molecular flexibility index (Phi) is 5.43. The van der Waals surface area contributed by atoms with Crippen LogP contribution in [-0.2, 0) is 4.74 Å². The molecule has 4 nitrogen and oxygen atoms in total. The van der Waals surface area contributed by atoms with Crippen molar-refractivity contribution in [2.75, 3.05) is 24.3 Å². The highest BCUT2D eigenvalue weighted by Crippen LogP contribution is 2.33. The van der Waals surface area contributed by atoms with Crippen molar-refractivity contribution in [2.24, 2.45) is 0 Å². The quantitative estimate of drug-likeness (QED) is 0.564. The van der Waals surface area contributed by atoms with Crippen LogP contribution in [0.5, 0.6) is 0 Å². The van der Waals surface area contributed by atoms with Crippen LogP contribution in [0.15, 0.2) is 47.4 Å². The van der Waals surface area contributed by atoms with Crippen LogP contribution in [0.25, 0.3) is 10.2 Å². The van der Waals surface area contributed by atoms with Crippen molar-refractivity contribution in [1.29, 1.82) is 0 Å². The molecule has 7 heteroatoms. The summed E-state index contributed by atoms with van der Waals surface area (Å²) in [5.74, 6) is -0.680. The van der Waals surface area contributed by atoms with Gasteiger partial charge in [0.1, 0.15) is 5.82 Å². The average molecular weight is 403 g/mol. The molecule has 0 saturated carbocycles. The molecule has 1 atom stereocenters. The second kappa shape index (κ2) is 7.96. The first-order valence-corrected chi connectivity index (χ1v) is 10.8. The molecular formula is C20H19FN2O2S2. The van der Waals surface area contributed by atoms with Gasteiger partial charge in [-0.3, -0.25) is 9.69 Å². The maximum absolute atomic E-state index is 13.6. The van der Waals surface area contributed by atoms with E-state index < -0.39 is 5.82 Å². The predicted molar refractivity (Wildman–Crippen MR) is 108 cm³/mol. The van der Waals surface area contributed by atoms with E-state index in [1.807, 2.05) is 18.4 Å². The van der Waals surface area contributed by atoms with Gasteiger partial charge < -0.3 is 4.74 Å². The van der Waals surface area contributed by atoms with Gasteiger partial charge in [0.25, 0.3) is 5.91 Å². The number of aromatic nitrogens is 1. The Bertz CT molecular complexity index is 970. The summed E-state index contributed by atoms with van der Waals surface area (Å²) >= 11 is 3.15. The lowest BCUT2D eigenvalue weighted by molar-refractivity contribution is 0.0917. The second-order valence-electron chi connectivity index (χ2n) is 6.39. The van der Waals surface area contributed by atoms with Gasteiger partial charge in [0.15, 0.2) is 5.13 Å². The van der Waals surface area contributed by atoms with Gasteiger partial charge in [-0.2, -0.15) is 0 Å². The van der Waals surface area contributed by atoms with Gasteiger partial charge in [0.05, 0.1) is 22.9 Å². The second-order valence-corrected chi connectivity index (χ2v) is 8.28. The molecule has 3 aromatic rings. The molecule has 1 aromatic heterocycles. The van der Waals surface area contributed by atoms with Gasteiger partial charge in [-0.15, -0.1) is 11.8 Å². The molecule has 1 unspecified atom stereocenters. The average Bonchev–Trinajstić information content (AvgIpc) is 3.34. The van der Waals surface area contributed by atoms with E-state index in [1.165, 1.54) is 23.5 Å². The van der Waals surface area contributed by atoms with E-state index in [0.29, 0.717) is 23.8 Å². The summed E-state index contributed by atoms with van der Waals surface area (Å²) in [6.07, 6.45) is 3.91. The zero-order chi connectivity index (χ0) is 18.8. The fourth-order valence-electron chi connectivity index (χ4n) is 3.15. The molecule has 1 amide bonds. The van der Waals surface area contributed by atoms with Gasteiger partial charge in [0.2, 0.25) is 0 Å². The van der Waals surface area contributed by atoms with Crippen molar-refractivity contribution in [2.45, 2.75) is 23.8 Å². The van der Waals surface area contributed by atoms with E-state index in [2.05, 4.69) is 11.1 Å². The molecule has 1 aliphatic rings. The number of nitrogens with zero attached hydrogens (tertiary/aromatic N) is 2. The van der Waals surface area contributed by atoms with Gasteiger partial charge in [-0.25, -0.2) is 9.37 Å². The summed E-state index contributed by atoms with van der Waals surface area (Å²) in [4.78, 5) is 20.6. The topological polar surface area (TPSA) is 42.4 Å². The number of ether oxygens (including phenoxy) is 1. The van der Waals surface area contributed by atoms with Crippen LogP contribution in [0.4, 0.5) is 9.52 Å². The predicted octanol–water partition coefficient (Wildman–Crippen LogP) is 4.98. The number of carbonyl (C=O) groups excluding carboxylic acids is 1. The Morgan fingerprint density at radius 3 is 3.00 bits per heavy atom. The Morgan fingerprint density at radius 1 is 1.37 bits per heavy atom. The van der Waals surface area contributed by atoms with Crippen molar-refractivity contribution in [1.82, 2.24) is 4.98 Å². The minimum atomic E-state index is -0.424. The van der Waals surface area contributed by atoms with Crippen LogP contribution in [0.3, 0.4) is 0 Å². The first kappa shape index (κ1) is 18.4. The molecule has 0 aliphatic carbocycles. The Hall–Kier alpha value is -1.96. The van der Waals surface area contributed by atoms with Crippen molar-refractivity contribution < 1.29 is 13.9 Å². The standard InChI is InChI=1S/C20H19FN2O2S2/c1-26-16-7-8-17-18(11-16)27-20(22-17)23(12-15-6-3-9-25-15)19(24)13-4-2-5-14(21)10-13/h2,4-5,7-8,10-11,15H,3,6,9,12H2,1H3. The number of halogens is 1. The highest BCUT2D eigenvalue weighted by molar-refractivity contribution is 7.98. The highest BCUT2D eigenvalue weighted by atomic mass is 32.2. The summed E-state index contributed by atoms with van der Waals surface area (Å²) in [6, 6.07) is 11.9. The van der Waals surface area contributed by atoms with E-state index in [-0.39, 0.29) is 12.0 Å². The van der Waals surface area contributed by atoms with Crippen LogP contribution in [0.1, 0.15) is 23.2 Å². The minimum absolute atomic E-state index is 0.0173. The van der Waals surface area contributed by atoms with Crippen molar-refractivity contribution >= 4 is 44.4 Å². The Morgan fingerprint density at radius 2 is 2.26 bits per heavy atom. The van der Waals surface area contributed by atoms with Crippen molar-refractivity contribution in [3.05, 3.63) is 53.8 Å². The fraction of sp³-hybridized carbons (Fsp3) is 0.300. The number of thioether (sulfide) groups is 1. The number of rotatable bonds is 5. The number of thiazole rings is 1. The molecule has 0 bridgehead atoms. The largest absolute Gasteiger partial charge is 0.376 e. The minimum Gasteiger partial charge on any atom is -0.376 e. The first-order valence-electron chi connectivity index (χ1n) is 8.77. The number of fused-ring (bicyclic) bond motifs is 1. The lowest BCUT2D eigenvalue weighted by Crippen LogP contribution is -2.37. The third-order valence-corrected chi connectivity index (χ3v) is 6.31. The smallest absolute Gasteiger partial charge is 0.260 e. The Labute approximate surface area is 165 Å². The van der Waals surface area contributed by atoms with Gasteiger partial charge in [0, 0.05) is 17.1 Å². The molecule has 0 spiro atoms. The van der Waals surface area contributed by atoms with E-state index in [1.54, 1.807) is 28.8 Å². The lowest BCUT2D eigenvalue weighted by atomic mass is 10.1. The van der Waals surface area contributed by atoms with Crippen LogP contribution in [0.2, 0.25) is 0 Å². The molecule has 2 aromatic carbocycles. The Balaban J connectivity index is 1.71. The number of hydrogen-bond donors (Lipinski definition) is 0. The number of hydrogen-bond acceptors (Lipinski definition) is 5. The molecular weight excluding hydrogens is 383 g/mol. The summed E-state index contributed by atoms with van der Waals surface area (Å²) in [7, 11) is 0. The molecule has 2 heterocycles. The van der Waals surface area contributed by atoms with Crippen LogP contribution in [-0.4, -0.2) is 36.4 Å². The third-order valence-electron chi connectivity index (χ3n) is 4.54. The third kappa shape index (κ3) is 4.00. The SMILES string of the molecule is CSc1ccc2nc(N(CC3CCCO3)C(=O)c3cccc(F)c3)sc2c1. The summed E-state index contributed by atoms with van der Waals surface area (Å²) in [6.45, 7) is 1.13. The van der Waals surface area contributed by atoms with Crippen LogP contribution >= 0.6 is 23.1 Å². The monoisotopic (exact) mass is 402 g/mol. The van der Waals surface area contributed by atoms with E-state index in [9.17, 15) is 9.18 Å². The van der Waals surface area contributed by atoms with E-state index in [4.69, 9.17) is 4.74 Å². The first-order chi connectivity index (χ1) is 13.1. The van der Waals surface area contributed by atoms with Crippen LogP contribution < -0.4 is 4.90 Å². The van der Waals surface area contributed by atoms with Crippen LogP contribution in [0, 0.1) is 5.82 Å². The number of carbonyl (C=O) groups is 1. The van der Waals surface area contributed by atoms with Crippen molar-refractivity contribution in [3.63, 3.8) is 0 Å². The van der Waals surface area contributed by atoms with Crippen molar-refractivity contribution in [3.8, 4) is 0 Å². The number of benzene rings is 2. The van der Waals surface area contributed by atoms with Gasteiger partial charge in [-0.1, -0.05) is 17.4 Å². The molecule has 0 N–H and O–H groups in total. The zero-order valence-electron chi connectivity index (χ0n) is 14.9. The molecule has 27 heavy (non-hydrogen) atoms. The van der Waals surface area contributed by atoms with E-state index in [0.717, 1.165) is 28.0 Å². The molecule has 1 aliphatic heterocycles. The fourth-order valence-corrected chi connectivity index (χ4v) is 4.68. The molecule has 1 fully saturated rings. The maximum atomic E-state index is 13.6. The number of anilines is 1. The molecule has 0 radical (unpaired) electrons. The molecule has 1 saturated heterocycles.